The summed E-state index contributed by atoms with van der Waals surface area (Å²) in [7, 11) is 0. The number of aliphatic hydroxyl groups is 1. The second-order valence-electron chi connectivity index (χ2n) is 34.2. The van der Waals surface area contributed by atoms with Crippen LogP contribution in [0.2, 0.25) is 0 Å². The lowest BCUT2D eigenvalue weighted by atomic mass is 9.46. The van der Waals surface area contributed by atoms with E-state index in [1.54, 1.807) is 6.92 Å². The van der Waals surface area contributed by atoms with E-state index in [1.807, 2.05) is 71.9 Å². The number of alkyl carbamates (subject to hydrolysis) is 1. The third-order valence-corrected chi connectivity index (χ3v) is 24.7. The van der Waals surface area contributed by atoms with Crippen LogP contribution < -0.4 is 5.32 Å². The number of rotatable bonds is 20. The first-order valence-electron chi connectivity index (χ1n) is 36.2. The van der Waals surface area contributed by atoms with Gasteiger partial charge in [0.2, 0.25) is 0 Å². The standard InChI is InChI=1S/C46H69NO8.C32H54O4/c1-29(2)14-13-15-30(3)36-18-19-37-40-38(21-23-46(36,37)9)45(8)22-20-35(25-33(45)26-39(40)54-43(51)55-44(5,6)7)53-41(49)31(4)24-34(48)27-47-42(50)52-28-32-16-11-10-12-17-32;1-20(2)10-9-11-21(3)24-12-13-25-28-26(15-17-32(24,25)8)31(7)16-14-23(33)18-22(31)19-27(28)35-29(34)36-30(4,5)6/h10-12,16-17,26,29-31,35-40H,13-15,18-25,27-28H2,1-9H3,(H,47,50);19-21,23-28,33H,9-18H2,1-8H3. The Bertz CT molecular complexity index is 2700. The van der Waals surface area contributed by atoms with Crippen molar-refractivity contribution in [2.45, 2.75) is 295 Å². The number of carbonyl (C=O) groups is 5. The summed E-state index contributed by atoms with van der Waals surface area (Å²) in [4.78, 5) is 64.3. The van der Waals surface area contributed by atoms with E-state index < -0.39 is 47.6 Å². The Morgan fingerprint density at radius 2 is 1.04 bits per heavy atom. The molecule has 9 rings (SSSR count). The summed E-state index contributed by atoms with van der Waals surface area (Å²) < 4.78 is 35.1. The normalized spacial score (nSPS) is 35.1. The topological polar surface area (TPSA) is 173 Å². The van der Waals surface area contributed by atoms with Crippen molar-refractivity contribution in [3.8, 4) is 0 Å². The molecule has 8 aliphatic rings. The molecule has 0 aliphatic heterocycles. The van der Waals surface area contributed by atoms with Gasteiger partial charge in [0.1, 0.15) is 36.1 Å². The molecular weight excluding hydrogens is 1140 g/mol. The van der Waals surface area contributed by atoms with Gasteiger partial charge in [0.15, 0.2) is 5.78 Å². The second kappa shape index (κ2) is 29.7. The van der Waals surface area contributed by atoms with E-state index in [2.05, 4.69) is 86.7 Å². The second-order valence-corrected chi connectivity index (χ2v) is 34.2. The number of hydrogen-bond acceptors (Lipinski definition) is 12. The van der Waals surface area contributed by atoms with Crippen LogP contribution in [0.15, 0.2) is 53.6 Å². The van der Waals surface area contributed by atoms with E-state index >= 15 is 0 Å². The van der Waals surface area contributed by atoms with Crippen LogP contribution in [0.1, 0.15) is 258 Å². The number of aliphatic hydroxyl groups excluding tert-OH is 1. The maximum atomic E-state index is 13.3. The Hall–Kier alpha value is -4.39. The first kappa shape index (κ1) is 72.4. The summed E-state index contributed by atoms with van der Waals surface area (Å²) in [5.74, 6) is 5.43. The Balaban J connectivity index is 0.000000256. The summed E-state index contributed by atoms with van der Waals surface area (Å²) in [6.45, 7) is 37.0. The van der Waals surface area contributed by atoms with Gasteiger partial charge < -0.3 is 38.8 Å². The molecule has 0 spiro atoms. The Kier molecular flexibility index (Phi) is 23.7. The average molecular weight is 1270 g/mol. The third-order valence-electron chi connectivity index (χ3n) is 24.7. The van der Waals surface area contributed by atoms with Gasteiger partial charge in [-0.05, 0) is 224 Å². The highest BCUT2D eigenvalue weighted by atomic mass is 16.7. The SMILES string of the molecule is CC(C)CCCC(C)C1CCC2C3C(OC(=O)OC(C)(C)C)C=C4CC(O)CCC4(C)C3CCC12C.CC(C)CCCC(C)C1CCC2C3C(OC(=O)OC(C)(C)C)C=C4CC(OC(=O)C(C)CC(=O)CNC(=O)OCc5ccccc5)CCC4(C)C3CCC12C. The molecule has 0 radical (unpaired) electrons. The highest BCUT2D eigenvalue weighted by Crippen LogP contribution is 2.70. The third kappa shape index (κ3) is 17.4. The lowest BCUT2D eigenvalue weighted by Crippen LogP contribution is -2.56. The molecule has 512 valence electrons. The molecule has 91 heavy (non-hydrogen) atoms. The highest BCUT2D eigenvalue weighted by Gasteiger charge is 2.64. The number of esters is 1. The minimum Gasteiger partial charge on any atom is -0.462 e. The molecule has 0 saturated heterocycles. The lowest BCUT2D eigenvalue weighted by molar-refractivity contribution is -0.158. The molecule has 13 heteroatoms. The van der Waals surface area contributed by atoms with Crippen LogP contribution in [0.3, 0.4) is 0 Å². The van der Waals surface area contributed by atoms with Gasteiger partial charge in [0, 0.05) is 24.7 Å². The highest BCUT2D eigenvalue weighted by molar-refractivity contribution is 5.87. The maximum Gasteiger partial charge on any atom is 0.509 e. The number of fused-ring (bicyclic) bond motifs is 10. The molecule has 0 aromatic heterocycles. The maximum absolute atomic E-state index is 13.3. The van der Waals surface area contributed by atoms with Gasteiger partial charge in [0.05, 0.1) is 18.6 Å². The minimum atomic E-state index is -0.684. The fraction of sp³-hybridized carbons (Fsp3) is 0.808. The Morgan fingerprint density at radius 3 is 1.52 bits per heavy atom. The van der Waals surface area contributed by atoms with Crippen molar-refractivity contribution in [2.75, 3.05) is 6.54 Å². The number of amides is 1. The van der Waals surface area contributed by atoms with E-state index in [-0.39, 0.29) is 65.8 Å². The average Bonchev–Trinajstić information content (AvgIpc) is 1.71. The largest absolute Gasteiger partial charge is 0.509 e. The molecule has 19 atom stereocenters. The quantitative estimate of drug-likeness (QED) is 0.0720. The molecule has 0 heterocycles. The van der Waals surface area contributed by atoms with E-state index in [9.17, 15) is 29.1 Å². The number of ether oxygens (including phenoxy) is 6. The molecule has 19 unspecified atom stereocenters. The molecule has 1 aromatic carbocycles. The van der Waals surface area contributed by atoms with Crippen molar-refractivity contribution < 1.29 is 57.5 Å². The van der Waals surface area contributed by atoms with Gasteiger partial charge in [-0.3, -0.25) is 9.59 Å². The van der Waals surface area contributed by atoms with Gasteiger partial charge in [-0.1, -0.05) is 156 Å². The van der Waals surface area contributed by atoms with Gasteiger partial charge in [-0.15, -0.1) is 0 Å². The molecule has 6 fully saturated rings. The summed E-state index contributed by atoms with van der Waals surface area (Å²) in [5.41, 5.74) is 2.68. The zero-order chi connectivity index (χ0) is 66.6. The van der Waals surface area contributed by atoms with Crippen LogP contribution in [0.25, 0.3) is 0 Å². The van der Waals surface area contributed by atoms with Crippen molar-refractivity contribution in [1.29, 1.82) is 0 Å². The zero-order valence-electron chi connectivity index (χ0n) is 59.6. The first-order valence-corrected chi connectivity index (χ1v) is 36.2. The number of benzene rings is 1. The fourth-order valence-corrected chi connectivity index (χ4v) is 20.1. The Labute approximate surface area is 549 Å². The van der Waals surface area contributed by atoms with Gasteiger partial charge in [-0.2, -0.15) is 0 Å². The molecular formula is C78H123NO12. The van der Waals surface area contributed by atoms with Gasteiger partial charge >= 0.3 is 24.4 Å². The van der Waals surface area contributed by atoms with Crippen molar-refractivity contribution in [3.05, 3.63) is 59.2 Å². The van der Waals surface area contributed by atoms with Crippen molar-refractivity contribution in [1.82, 2.24) is 5.32 Å². The number of Topliss-reactive ketones (excluding diaryl/α,β-unsaturated/α-hetero) is 1. The number of nitrogens with one attached hydrogen (secondary N) is 1. The zero-order valence-corrected chi connectivity index (χ0v) is 59.6. The molecule has 13 nitrogen and oxygen atoms in total. The predicted octanol–water partition coefficient (Wildman–Crippen LogP) is 18.7. The molecule has 1 aromatic rings. The fourth-order valence-electron chi connectivity index (χ4n) is 20.1. The molecule has 2 N–H and O–H groups in total. The van der Waals surface area contributed by atoms with Crippen LogP contribution in [-0.2, 0) is 44.6 Å². The van der Waals surface area contributed by atoms with E-state index in [0.29, 0.717) is 59.7 Å². The van der Waals surface area contributed by atoms with Crippen LogP contribution in [0.5, 0.6) is 0 Å². The molecule has 8 aliphatic carbocycles. The van der Waals surface area contributed by atoms with Gasteiger partial charge in [-0.25, -0.2) is 14.4 Å². The lowest BCUT2D eigenvalue weighted by Gasteiger charge is -2.59. The summed E-state index contributed by atoms with van der Waals surface area (Å²) in [6.07, 6.45) is 23.6. The van der Waals surface area contributed by atoms with Crippen LogP contribution >= 0.6 is 0 Å². The van der Waals surface area contributed by atoms with Crippen molar-refractivity contribution in [2.24, 2.45) is 98.6 Å². The monoisotopic (exact) mass is 1270 g/mol. The van der Waals surface area contributed by atoms with Crippen LogP contribution in [0.4, 0.5) is 14.4 Å². The van der Waals surface area contributed by atoms with E-state index in [1.165, 1.54) is 88.2 Å². The minimum absolute atomic E-state index is 0.0437. The van der Waals surface area contributed by atoms with Crippen molar-refractivity contribution >= 4 is 30.2 Å². The number of ketones is 1. The molecule has 6 saturated carbocycles. The summed E-state index contributed by atoms with van der Waals surface area (Å²) in [6, 6.07) is 9.30. The number of carbonyl (C=O) groups excluding carboxylic acids is 5. The van der Waals surface area contributed by atoms with Crippen LogP contribution in [-0.4, -0.2) is 77.4 Å². The molecule has 1 amide bonds. The van der Waals surface area contributed by atoms with Crippen molar-refractivity contribution in [3.63, 3.8) is 0 Å². The van der Waals surface area contributed by atoms with Crippen LogP contribution in [0, 0.1) is 98.6 Å². The van der Waals surface area contributed by atoms with Gasteiger partial charge in [0.25, 0.3) is 0 Å². The summed E-state index contributed by atoms with van der Waals surface area (Å²) >= 11 is 0. The Morgan fingerprint density at radius 1 is 0.571 bits per heavy atom. The first-order chi connectivity index (χ1) is 42.6. The van der Waals surface area contributed by atoms with E-state index in [0.717, 1.165) is 67.8 Å². The molecule has 0 bridgehead atoms. The van der Waals surface area contributed by atoms with E-state index in [4.69, 9.17) is 28.4 Å². The number of hydrogen-bond donors (Lipinski definition) is 2. The predicted molar refractivity (Wildman–Crippen MR) is 358 cm³/mol. The summed E-state index contributed by atoms with van der Waals surface area (Å²) in [5, 5.41) is 13.0. The smallest absolute Gasteiger partial charge is 0.462 e.